The minimum absolute atomic E-state index is 0.0717. The van der Waals surface area contributed by atoms with Crippen molar-refractivity contribution in [1.29, 1.82) is 0 Å². The lowest BCUT2D eigenvalue weighted by Crippen LogP contribution is -2.42. The molecule has 0 saturated carbocycles. The summed E-state index contributed by atoms with van der Waals surface area (Å²) in [5.41, 5.74) is 5.20. The van der Waals surface area contributed by atoms with Gasteiger partial charge in [0.25, 0.3) is 11.5 Å². The van der Waals surface area contributed by atoms with E-state index < -0.39 is 11.2 Å². The molecule has 7 nitrogen and oxygen atoms in total. The third kappa shape index (κ3) is 2.65. The first kappa shape index (κ1) is 15.5. The average molecular weight is 294 g/mol. The van der Waals surface area contributed by atoms with E-state index >= 15 is 0 Å². The molecule has 0 bridgehead atoms. The monoisotopic (exact) mass is 294 g/mol. The molecule has 0 radical (unpaired) electrons. The lowest BCUT2D eigenvalue weighted by atomic mass is 9.92. The SMILES string of the molecule is CC(C)[C@@H]1CN(C(=O)c2cc(=O)n(C)c(=O)n2C)C[C@H]1N. The molecule has 1 saturated heterocycles. The van der Waals surface area contributed by atoms with Gasteiger partial charge in [-0.15, -0.1) is 0 Å². The predicted octanol–water partition coefficient (Wildman–Crippen LogP) is -0.861. The maximum Gasteiger partial charge on any atom is 0.331 e. The summed E-state index contributed by atoms with van der Waals surface area (Å²) >= 11 is 0. The van der Waals surface area contributed by atoms with E-state index in [-0.39, 0.29) is 23.6 Å². The van der Waals surface area contributed by atoms with Crippen LogP contribution in [-0.4, -0.2) is 39.1 Å². The van der Waals surface area contributed by atoms with E-state index in [1.165, 1.54) is 24.7 Å². The Hall–Kier alpha value is -1.89. The summed E-state index contributed by atoms with van der Waals surface area (Å²) in [5.74, 6) is 0.300. The first-order valence-corrected chi connectivity index (χ1v) is 7.06. The molecule has 0 spiro atoms. The highest BCUT2D eigenvalue weighted by Gasteiger charge is 2.35. The lowest BCUT2D eigenvalue weighted by molar-refractivity contribution is 0.0771. The Bertz CT molecular complexity index is 674. The zero-order chi connectivity index (χ0) is 15.9. The maximum atomic E-state index is 12.6. The van der Waals surface area contributed by atoms with E-state index in [4.69, 9.17) is 5.73 Å². The van der Waals surface area contributed by atoms with Crippen LogP contribution in [0.5, 0.6) is 0 Å². The highest BCUT2D eigenvalue weighted by Crippen LogP contribution is 2.23. The molecule has 0 aliphatic carbocycles. The van der Waals surface area contributed by atoms with Gasteiger partial charge in [-0.1, -0.05) is 13.8 Å². The maximum absolute atomic E-state index is 12.6. The van der Waals surface area contributed by atoms with Gasteiger partial charge < -0.3 is 10.6 Å². The lowest BCUT2D eigenvalue weighted by Gasteiger charge is -2.19. The molecule has 1 fully saturated rings. The van der Waals surface area contributed by atoms with Gasteiger partial charge in [0.1, 0.15) is 5.69 Å². The van der Waals surface area contributed by atoms with E-state index in [1.54, 1.807) is 4.90 Å². The average Bonchev–Trinajstić information content (AvgIpc) is 2.82. The summed E-state index contributed by atoms with van der Waals surface area (Å²) in [6.07, 6.45) is 0. The van der Waals surface area contributed by atoms with Crippen LogP contribution in [-0.2, 0) is 14.1 Å². The number of likely N-dealkylation sites (tertiary alicyclic amines) is 1. The van der Waals surface area contributed by atoms with Gasteiger partial charge in [-0.05, 0) is 11.8 Å². The third-order valence-electron chi connectivity index (χ3n) is 4.30. The van der Waals surface area contributed by atoms with Crippen LogP contribution in [0.1, 0.15) is 24.3 Å². The molecule has 7 heteroatoms. The van der Waals surface area contributed by atoms with Gasteiger partial charge in [0.15, 0.2) is 0 Å². The van der Waals surface area contributed by atoms with Gasteiger partial charge in [0.2, 0.25) is 0 Å². The van der Waals surface area contributed by atoms with Gasteiger partial charge in [-0.25, -0.2) is 4.79 Å². The van der Waals surface area contributed by atoms with E-state index in [1.807, 2.05) is 0 Å². The second-order valence-corrected chi connectivity index (χ2v) is 6.05. The van der Waals surface area contributed by atoms with Gasteiger partial charge in [-0.2, -0.15) is 0 Å². The Morgan fingerprint density at radius 1 is 1.24 bits per heavy atom. The highest BCUT2D eigenvalue weighted by molar-refractivity contribution is 5.92. The van der Waals surface area contributed by atoms with Crippen LogP contribution < -0.4 is 17.0 Å². The normalized spacial score (nSPS) is 22.1. The molecule has 1 aromatic rings. The number of rotatable bonds is 2. The molecule has 116 valence electrons. The van der Waals surface area contributed by atoms with Gasteiger partial charge in [-0.3, -0.25) is 18.7 Å². The second kappa shape index (κ2) is 5.48. The summed E-state index contributed by atoms with van der Waals surface area (Å²) in [6, 6.07) is 1.13. The first-order chi connectivity index (χ1) is 9.73. The van der Waals surface area contributed by atoms with E-state index in [0.29, 0.717) is 19.0 Å². The van der Waals surface area contributed by atoms with Crippen molar-refractivity contribution in [3.05, 3.63) is 32.6 Å². The topological polar surface area (TPSA) is 90.3 Å². The fourth-order valence-corrected chi connectivity index (χ4v) is 2.83. The fourth-order valence-electron chi connectivity index (χ4n) is 2.83. The van der Waals surface area contributed by atoms with Crippen molar-refractivity contribution >= 4 is 5.91 Å². The Morgan fingerprint density at radius 3 is 2.38 bits per heavy atom. The van der Waals surface area contributed by atoms with Crippen LogP contribution in [0.2, 0.25) is 0 Å². The fraction of sp³-hybridized carbons (Fsp3) is 0.643. The molecule has 21 heavy (non-hydrogen) atoms. The molecule has 2 rings (SSSR count). The first-order valence-electron chi connectivity index (χ1n) is 7.06. The number of hydrogen-bond donors (Lipinski definition) is 1. The summed E-state index contributed by atoms with van der Waals surface area (Å²) in [6.45, 7) is 5.16. The van der Waals surface area contributed by atoms with Gasteiger partial charge in [0, 0.05) is 39.3 Å². The van der Waals surface area contributed by atoms with Crippen LogP contribution in [0.3, 0.4) is 0 Å². The molecule has 1 amide bonds. The number of hydrogen-bond acceptors (Lipinski definition) is 4. The van der Waals surface area contributed by atoms with Crippen molar-refractivity contribution in [2.45, 2.75) is 19.9 Å². The van der Waals surface area contributed by atoms with Crippen molar-refractivity contribution in [1.82, 2.24) is 14.0 Å². The Balaban J connectivity index is 2.35. The Kier molecular flexibility index (Phi) is 4.04. The second-order valence-electron chi connectivity index (χ2n) is 6.05. The highest BCUT2D eigenvalue weighted by atomic mass is 16.2. The smallest absolute Gasteiger partial charge is 0.331 e. The van der Waals surface area contributed by atoms with Crippen LogP contribution in [0.15, 0.2) is 15.7 Å². The number of amides is 1. The van der Waals surface area contributed by atoms with E-state index in [0.717, 1.165) is 4.57 Å². The number of carbonyl (C=O) groups is 1. The Labute approximate surface area is 123 Å². The minimum atomic E-state index is -0.505. The number of nitrogens with zero attached hydrogens (tertiary/aromatic N) is 3. The predicted molar refractivity (Wildman–Crippen MR) is 79.1 cm³/mol. The molecular formula is C14H22N4O3. The van der Waals surface area contributed by atoms with Crippen LogP contribution in [0.4, 0.5) is 0 Å². The number of nitrogens with two attached hydrogens (primary N) is 1. The molecule has 2 N–H and O–H groups in total. The Morgan fingerprint density at radius 2 is 1.86 bits per heavy atom. The minimum Gasteiger partial charge on any atom is -0.335 e. The quantitative estimate of drug-likeness (QED) is 0.768. The van der Waals surface area contributed by atoms with Crippen molar-refractivity contribution < 1.29 is 4.79 Å². The van der Waals surface area contributed by atoms with Crippen molar-refractivity contribution in [3.8, 4) is 0 Å². The molecule has 0 aromatic carbocycles. The summed E-state index contributed by atoms with van der Waals surface area (Å²) < 4.78 is 2.18. The molecular weight excluding hydrogens is 272 g/mol. The van der Waals surface area contributed by atoms with Crippen LogP contribution >= 0.6 is 0 Å². The molecule has 2 atom stereocenters. The molecule has 0 unspecified atom stereocenters. The third-order valence-corrected chi connectivity index (χ3v) is 4.30. The number of aromatic nitrogens is 2. The van der Waals surface area contributed by atoms with Crippen LogP contribution in [0.25, 0.3) is 0 Å². The van der Waals surface area contributed by atoms with E-state index in [2.05, 4.69) is 13.8 Å². The zero-order valence-corrected chi connectivity index (χ0v) is 12.9. The van der Waals surface area contributed by atoms with E-state index in [9.17, 15) is 14.4 Å². The molecule has 1 aliphatic heterocycles. The van der Waals surface area contributed by atoms with Gasteiger partial charge in [0.05, 0.1) is 0 Å². The van der Waals surface area contributed by atoms with Crippen LogP contribution in [0, 0.1) is 11.8 Å². The van der Waals surface area contributed by atoms with Gasteiger partial charge >= 0.3 is 5.69 Å². The summed E-state index contributed by atoms with van der Waals surface area (Å²) in [5, 5.41) is 0. The van der Waals surface area contributed by atoms with Crippen molar-refractivity contribution in [2.75, 3.05) is 13.1 Å². The molecule has 2 heterocycles. The largest absolute Gasteiger partial charge is 0.335 e. The van der Waals surface area contributed by atoms with Crippen molar-refractivity contribution in [2.24, 2.45) is 31.7 Å². The summed E-state index contributed by atoms with van der Waals surface area (Å²) in [7, 11) is 2.88. The standard InChI is InChI=1S/C14H22N4O3/c1-8(2)9-6-18(7-10(9)15)13(20)11-5-12(19)17(4)14(21)16(11)3/h5,8-10H,6-7,15H2,1-4H3/t9-,10+/m0/s1. The molecule has 1 aromatic heterocycles. The zero-order valence-electron chi connectivity index (χ0n) is 12.9. The number of carbonyl (C=O) groups excluding carboxylic acids is 1. The van der Waals surface area contributed by atoms with Crippen molar-refractivity contribution in [3.63, 3.8) is 0 Å². The summed E-state index contributed by atoms with van der Waals surface area (Å²) in [4.78, 5) is 37.8. The molecule has 1 aliphatic rings.